The molecule has 0 unspecified atom stereocenters. The van der Waals surface area contributed by atoms with Crippen molar-refractivity contribution in [3.63, 3.8) is 0 Å². The molecule has 35 heavy (non-hydrogen) atoms. The Kier molecular flexibility index (Phi) is 24.1. The average molecular weight is 501 g/mol. The second-order valence-corrected chi connectivity index (χ2v) is 11.0. The van der Waals surface area contributed by atoms with Crippen LogP contribution in [0.2, 0.25) is 0 Å². The molecule has 0 aromatic heterocycles. The van der Waals surface area contributed by atoms with Crippen LogP contribution in [0.5, 0.6) is 0 Å². The van der Waals surface area contributed by atoms with Gasteiger partial charge in [-0.2, -0.15) is 0 Å². The first kappa shape index (κ1) is 34.8. The summed E-state index contributed by atoms with van der Waals surface area (Å²) in [7, 11) is 6.94. The van der Waals surface area contributed by atoms with Crippen molar-refractivity contribution in [1.29, 1.82) is 0 Å². The Morgan fingerprint density at radius 3 is 0.571 bits per heavy atom. The van der Waals surface area contributed by atoms with Crippen molar-refractivity contribution >= 4 is 0 Å². The Morgan fingerprint density at radius 2 is 0.429 bits per heavy atom. The van der Waals surface area contributed by atoms with E-state index in [1.807, 2.05) is 13.8 Å². The molecule has 0 saturated carbocycles. The molecule has 0 aromatic carbocycles. The second kappa shape index (κ2) is 24.2. The summed E-state index contributed by atoms with van der Waals surface area (Å²) in [5.74, 6) is -0.780. The molecule has 0 bridgehead atoms. The maximum Gasteiger partial charge on any atom is 0.164 e. The Balaban J connectivity index is 3.19. The predicted molar refractivity (Wildman–Crippen MR) is 151 cm³/mol. The van der Waals surface area contributed by atoms with Crippen LogP contribution in [0.4, 0.5) is 0 Å². The first-order chi connectivity index (χ1) is 16.9. The highest BCUT2D eigenvalue weighted by molar-refractivity contribution is 4.62. The van der Waals surface area contributed by atoms with Gasteiger partial charge in [0.15, 0.2) is 11.6 Å². The molecule has 0 radical (unpaired) electrons. The van der Waals surface area contributed by atoms with Gasteiger partial charge in [0.1, 0.15) is 0 Å². The van der Waals surface area contributed by atoms with Gasteiger partial charge in [-0.25, -0.2) is 0 Å². The molecule has 0 rings (SSSR count). The van der Waals surface area contributed by atoms with Crippen LogP contribution >= 0.6 is 0 Å². The van der Waals surface area contributed by atoms with E-state index in [-0.39, 0.29) is 0 Å². The third kappa shape index (κ3) is 21.6. The topological polar surface area (TPSA) is 36.9 Å². The first-order valence-electron chi connectivity index (χ1n) is 15.2. The van der Waals surface area contributed by atoms with Gasteiger partial charge in [0.2, 0.25) is 0 Å². The zero-order chi connectivity index (χ0) is 26.1. The van der Waals surface area contributed by atoms with Gasteiger partial charge in [0.05, 0.1) is 0 Å². The van der Waals surface area contributed by atoms with Crippen molar-refractivity contribution in [2.24, 2.45) is 0 Å². The third-order valence-electron chi connectivity index (χ3n) is 7.99. The summed E-state index contributed by atoms with van der Waals surface area (Å²) in [6.07, 6.45) is 31.1. The second-order valence-electron chi connectivity index (χ2n) is 11.0. The molecule has 0 atom stereocenters. The number of unbranched alkanes of at least 4 members (excludes halogenated alkanes) is 20. The molecular formula is C31H64O4. The summed E-state index contributed by atoms with van der Waals surface area (Å²) in [5, 5.41) is 0. The van der Waals surface area contributed by atoms with Gasteiger partial charge < -0.3 is 18.9 Å². The van der Waals surface area contributed by atoms with Crippen molar-refractivity contribution in [2.45, 2.75) is 173 Å². The SMILES string of the molecule is COC(C)(CCCCCCCCCCCCCCCCCCCCCCCC(C)(OC)OC)OC. The number of hydrogen-bond acceptors (Lipinski definition) is 4. The lowest BCUT2D eigenvalue weighted by Crippen LogP contribution is -2.29. The van der Waals surface area contributed by atoms with Crippen LogP contribution in [0.15, 0.2) is 0 Å². The quantitative estimate of drug-likeness (QED) is 0.0791. The summed E-state index contributed by atoms with van der Waals surface area (Å²) >= 11 is 0. The highest BCUT2D eigenvalue weighted by atomic mass is 16.7. The summed E-state index contributed by atoms with van der Waals surface area (Å²) in [6.45, 7) is 4.06. The lowest BCUT2D eigenvalue weighted by Gasteiger charge is -2.26. The fourth-order valence-electron chi connectivity index (χ4n) is 4.83. The molecule has 0 aromatic rings. The van der Waals surface area contributed by atoms with Gasteiger partial charge >= 0.3 is 0 Å². The fraction of sp³-hybridized carbons (Fsp3) is 1.00. The van der Waals surface area contributed by atoms with Gasteiger partial charge in [-0.3, -0.25) is 0 Å². The van der Waals surface area contributed by atoms with Gasteiger partial charge in [-0.1, -0.05) is 122 Å². The van der Waals surface area contributed by atoms with Crippen LogP contribution in [0.3, 0.4) is 0 Å². The van der Waals surface area contributed by atoms with Crippen molar-refractivity contribution < 1.29 is 18.9 Å². The highest BCUT2D eigenvalue weighted by Gasteiger charge is 2.22. The summed E-state index contributed by atoms with van der Waals surface area (Å²) in [5.41, 5.74) is 0. The van der Waals surface area contributed by atoms with Crippen LogP contribution in [0.1, 0.15) is 162 Å². The lowest BCUT2D eigenvalue weighted by molar-refractivity contribution is -0.198. The highest BCUT2D eigenvalue weighted by Crippen LogP contribution is 2.21. The van der Waals surface area contributed by atoms with E-state index in [0.717, 1.165) is 12.8 Å². The van der Waals surface area contributed by atoms with E-state index in [1.54, 1.807) is 28.4 Å². The molecule has 0 N–H and O–H groups in total. The average Bonchev–Trinajstić information content (AvgIpc) is 2.88. The largest absolute Gasteiger partial charge is 0.353 e. The van der Waals surface area contributed by atoms with Gasteiger partial charge in [0, 0.05) is 41.3 Å². The molecule has 0 spiro atoms. The van der Waals surface area contributed by atoms with Gasteiger partial charge in [-0.15, -0.1) is 0 Å². The Hall–Kier alpha value is -0.160. The molecule has 0 saturated heterocycles. The van der Waals surface area contributed by atoms with E-state index in [2.05, 4.69) is 0 Å². The molecule has 0 aliphatic heterocycles. The number of rotatable bonds is 28. The molecule has 0 aliphatic carbocycles. The summed E-state index contributed by atoms with van der Waals surface area (Å²) in [6, 6.07) is 0. The van der Waals surface area contributed by atoms with E-state index in [4.69, 9.17) is 18.9 Å². The van der Waals surface area contributed by atoms with Crippen LogP contribution < -0.4 is 0 Å². The Morgan fingerprint density at radius 1 is 0.286 bits per heavy atom. The number of methoxy groups -OCH3 is 4. The maximum atomic E-state index is 5.42. The van der Waals surface area contributed by atoms with Crippen molar-refractivity contribution in [2.75, 3.05) is 28.4 Å². The molecule has 0 fully saturated rings. The Labute approximate surface area is 220 Å². The molecule has 0 heterocycles. The molecule has 4 nitrogen and oxygen atoms in total. The first-order valence-corrected chi connectivity index (χ1v) is 15.2. The minimum absolute atomic E-state index is 0.390. The van der Waals surface area contributed by atoms with E-state index >= 15 is 0 Å². The predicted octanol–water partition coefficient (Wildman–Crippen LogP) is 9.98. The van der Waals surface area contributed by atoms with Gasteiger partial charge in [-0.05, 0) is 26.7 Å². The minimum Gasteiger partial charge on any atom is -0.353 e. The van der Waals surface area contributed by atoms with Crippen molar-refractivity contribution in [3.8, 4) is 0 Å². The summed E-state index contributed by atoms with van der Waals surface area (Å²) in [4.78, 5) is 0. The van der Waals surface area contributed by atoms with E-state index < -0.39 is 11.6 Å². The monoisotopic (exact) mass is 500 g/mol. The van der Waals surface area contributed by atoms with E-state index in [9.17, 15) is 0 Å². The zero-order valence-corrected chi connectivity index (χ0v) is 24.9. The van der Waals surface area contributed by atoms with Crippen molar-refractivity contribution in [1.82, 2.24) is 0 Å². The molecular weight excluding hydrogens is 436 g/mol. The van der Waals surface area contributed by atoms with E-state index in [1.165, 1.54) is 135 Å². The van der Waals surface area contributed by atoms with Crippen LogP contribution in [0, 0.1) is 0 Å². The number of hydrogen-bond donors (Lipinski definition) is 0. The zero-order valence-electron chi connectivity index (χ0n) is 24.9. The smallest absolute Gasteiger partial charge is 0.164 e. The van der Waals surface area contributed by atoms with Crippen LogP contribution in [0.25, 0.3) is 0 Å². The molecule has 4 heteroatoms. The maximum absolute atomic E-state index is 5.42. The summed E-state index contributed by atoms with van der Waals surface area (Å²) < 4.78 is 21.7. The number of ether oxygens (including phenoxy) is 4. The standard InChI is InChI=1S/C31H64O4/c1-30(32-3,33-4)28-26-24-22-20-18-16-14-12-10-8-7-9-11-13-15-17-19-21-23-25-27-29-31(2,34-5)35-6/h7-29H2,1-6H3. The molecule has 212 valence electrons. The Bertz CT molecular complexity index is 380. The minimum atomic E-state index is -0.390. The van der Waals surface area contributed by atoms with Crippen molar-refractivity contribution in [3.05, 3.63) is 0 Å². The molecule has 0 amide bonds. The molecule has 0 aliphatic rings. The van der Waals surface area contributed by atoms with Crippen LogP contribution in [-0.4, -0.2) is 40.0 Å². The van der Waals surface area contributed by atoms with E-state index in [0.29, 0.717) is 0 Å². The van der Waals surface area contributed by atoms with Crippen LogP contribution in [-0.2, 0) is 18.9 Å². The lowest BCUT2D eigenvalue weighted by atomic mass is 10.0. The van der Waals surface area contributed by atoms with Gasteiger partial charge in [0.25, 0.3) is 0 Å². The normalized spacial score (nSPS) is 12.5. The third-order valence-corrected chi connectivity index (χ3v) is 7.99. The fourth-order valence-corrected chi connectivity index (χ4v) is 4.83.